The average molecular weight is 271 g/mol. The molecule has 1 heterocycles. The van der Waals surface area contributed by atoms with Gasteiger partial charge in [-0.2, -0.15) is 0 Å². The molecule has 108 valence electrons. The molecule has 0 saturated heterocycles. The molecule has 20 heavy (non-hydrogen) atoms. The molecule has 2 aromatic rings. The van der Waals surface area contributed by atoms with Crippen LogP contribution in [-0.2, 0) is 19.4 Å². The van der Waals surface area contributed by atoms with Gasteiger partial charge in [0.15, 0.2) is 0 Å². The zero-order valence-corrected chi connectivity index (χ0v) is 13.0. The van der Waals surface area contributed by atoms with Crippen molar-refractivity contribution >= 4 is 11.6 Å². The summed E-state index contributed by atoms with van der Waals surface area (Å²) in [5.74, 6) is 0.958. The molecule has 1 aromatic carbocycles. The average Bonchev–Trinajstić information content (AvgIpc) is 2.79. The van der Waals surface area contributed by atoms with E-state index in [0.717, 1.165) is 37.4 Å². The molecule has 0 amide bonds. The number of aryl methyl sites for hydroxylation is 4. The Morgan fingerprint density at radius 2 is 1.75 bits per heavy atom. The van der Waals surface area contributed by atoms with Gasteiger partial charge in [-0.05, 0) is 37.3 Å². The Morgan fingerprint density at radius 3 is 2.30 bits per heavy atom. The summed E-state index contributed by atoms with van der Waals surface area (Å²) in [5, 5.41) is 3.57. The largest absolute Gasteiger partial charge is 0.325 e. The molecule has 0 radical (unpaired) electrons. The monoisotopic (exact) mass is 271 g/mol. The van der Waals surface area contributed by atoms with Crippen molar-refractivity contribution in [2.24, 2.45) is 0 Å². The highest BCUT2D eigenvalue weighted by molar-refractivity contribution is 5.64. The third-order valence-corrected chi connectivity index (χ3v) is 3.60. The van der Waals surface area contributed by atoms with Crippen LogP contribution in [0, 0.1) is 6.92 Å². The third-order valence-electron chi connectivity index (χ3n) is 3.60. The molecule has 0 aliphatic carbocycles. The van der Waals surface area contributed by atoms with Crippen LogP contribution in [0.1, 0.15) is 44.0 Å². The standard InChI is InChI=1S/C17H25N3/c1-5-11-20-12-13(4)18-17(20)19-16-14(6-2)9-8-10-15(16)7-3/h8-10,12H,5-7,11H2,1-4H3,(H,18,19). The fraction of sp³-hybridized carbons (Fsp3) is 0.471. The van der Waals surface area contributed by atoms with E-state index >= 15 is 0 Å². The van der Waals surface area contributed by atoms with Gasteiger partial charge in [-0.25, -0.2) is 4.98 Å². The summed E-state index contributed by atoms with van der Waals surface area (Å²) in [4.78, 5) is 4.63. The SMILES string of the molecule is CCCn1cc(C)nc1Nc1c(CC)cccc1CC. The Hall–Kier alpha value is -1.77. The summed E-state index contributed by atoms with van der Waals surface area (Å²) in [5.41, 5.74) is 5.01. The number of nitrogens with zero attached hydrogens (tertiary/aromatic N) is 2. The number of nitrogens with one attached hydrogen (secondary N) is 1. The summed E-state index contributed by atoms with van der Waals surface area (Å²) in [6, 6.07) is 6.54. The Labute approximate surface area is 122 Å². The van der Waals surface area contributed by atoms with Gasteiger partial charge >= 0.3 is 0 Å². The molecule has 3 nitrogen and oxygen atoms in total. The molecule has 0 aliphatic rings. The maximum absolute atomic E-state index is 4.63. The zero-order valence-electron chi connectivity index (χ0n) is 13.0. The van der Waals surface area contributed by atoms with E-state index in [1.54, 1.807) is 0 Å². The molecule has 0 atom stereocenters. The van der Waals surface area contributed by atoms with Crippen LogP contribution in [0.2, 0.25) is 0 Å². The minimum Gasteiger partial charge on any atom is -0.325 e. The highest BCUT2D eigenvalue weighted by Crippen LogP contribution is 2.26. The number of aromatic nitrogens is 2. The van der Waals surface area contributed by atoms with Crippen molar-refractivity contribution in [2.75, 3.05) is 5.32 Å². The normalized spacial score (nSPS) is 10.8. The van der Waals surface area contributed by atoms with Crippen LogP contribution in [0.4, 0.5) is 11.6 Å². The summed E-state index contributed by atoms with van der Waals surface area (Å²) < 4.78 is 2.21. The van der Waals surface area contributed by atoms with E-state index in [-0.39, 0.29) is 0 Å². The van der Waals surface area contributed by atoms with Gasteiger partial charge in [-0.15, -0.1) is 0 Å². The van der Waals surface area contributed by atoms with E-state index in [2.05, 4.69) is 60.0 Å². The predicted molar refractivity (Wildman–Crippen MR) is 85.7 cm³/mol. The summed E-state index contributed by atoms with van der Waals surface area (Å²) >= 11 is 0. The quantitative estimate of drug-likeness (QED) is 0.840. The second-order valence-corrected chi connectivity index (χ2v) is 5.18. The first-order chi connectivity index (χ1) is 9.69. The number of hydrogen-bond donors (Lipinski definition) is 1. The van der Waals surface area contributed by atoms with Crippen molar-refractivity contribution in [2.45, 2.75) is 53.5 Å². The van der Waals surface area contributed by atoms with Crippen LogP contribution in [0.5, 0.6) is 0 Å². The Bertz CT molecular complexity index is 547. The van der Waals surface area contributed by atoms with Crippen LogP contribution in [0.3, 0.4) is 0 Å². The molecule has 0 fully saturated rings. The van der Waals surface area contributed by atoms with Gasteiger partial charge in [0.05, 0.1) is 5.69 Å². The fourth-order valence-electron chi connectivity index (χ4n) is 2.57. The molecule has 0 bridgehead atoms. The highest BCUT2D eigenvalue weighted by Gasteiger charge is 2.10. The van der Waals surface area contributed by atoms with Gasteiger partial charge in [-0.3, -0.25) is 0 Å². The topological polar surface area (TPSA) is 29.9 Å². The molecule has 0 spiro atoms. The van der Waals surface area contributed by atoms with Gasteiger partial charge in [-0.1, -0.05) is 39.0 Å². The lowest BCUT2D eigenvalue weighted by Gasteiger charge is -2.15. The number of para-hydroxylation sites is 1. The number of benzene rings is 1. The second kappa shape index (κ2) is 6.60. The minimum atomic E-state index is 0.958. The van der Waals surface area contributed by atoms with E-state index < -0.39 is 0 Å². The second-order valence-electron chi connectivity index (χ2n) is 5.18. The Kier molecular flexibility index (Phi) is 4.83. The van der Waals surface area contributed by atoms with Crippen LogP contribution >= 0.6 is 0 Å². The zero-order chi connectivity index (χ0) is 14.5. The lowest BCUT2D eigenvalue weighted by atomic mass is 10.0. The molecule has 0 unspecified atom stereocenters. The molecular formula is C17H25N3. The first kappa shape index (κ1) is 14.6. The van der Waals surface area contributed by atoms with Crippen molar-refractivity contribution in [3.05, 3.63) is 41.2 Å². The predicted octanol–water partition coefficient (Wildman–Crippen LogP) is 4.47. The summed E-state index contributed by atoms with van der Waals surface area (Å²) in [6.07, 6.45) is 5.29. The number of hydrogen-bond acceptors (Lipinski definition) is 2. The van der Waals surface area contributed by atoms with Crippen molar-refractivity contribution in [3.63, 3.8) is 0 Å². The lowest BCUT2D eigenvalue weighted by molar-refractivity contribution is 0.686. The first-order valence-corrected chi connectivity index (χ1v) is 7.61. The molecule has 2 rings (SSSR count). The number of rotatable bonds is 6. The molecule has 3 heteroatoms. The van der Waals surface area contributed by atoms with Crippen molar-refractivity contribution in [1.29, 1.82) is 0 Å². The molecular weight excluding hydrogens is 246 g/mol. The molecule has 1 N–H and O–H groups in total. The van der Waals surface area contributed by atoms with E-state index in [4.69, 9.17) is 0 Å². The van der Waals surface area contributed by atoms with Crippen molar-refractivity contribution in [1.82, 2.24) is 9.55 Å². The molecule has 0 aliphatic heterocycles. The number of imidazole rings is 1. The van der Waals surface area contributed by atoms with Gasteiger partial charge in [0.2, 0.25) is 5.95 Å². The highest BCUT2D eigenvalue weighted by atomic mass is 15.2. The first-order valence-electron chi connectivity index (χ1n) is 7.61. The van der Waals surface area contributed by atoms with Gasteiger partial charge < -0.3 is 9.88 Å². The Balaban J connectivity index is 2.38. The Morgan fingerprint density at radius 1 is 1.10 bits per heavy atom. The van der Waals surface area contributed by atoms with E-state index in [9.17, 15) is 0 Å². The maximum Gasteiger partial charge on any atom is 0.207 e. The fourth-order valence-corrected chi connectivity index (χ4v) is 2.57. The number of anilines is 2. The summed E-state index contributed by atoms with van der Waals surface area (Å²) in [6.45, 7) is 9.63. The van der Waals surface area contributed by atoms with Crippen molar-refractivity contribution in [3.8, 4) is 0 Å². The lowest BCUT2D eigenvalue weighted by Crippen LogP contribution is -2.06. The van der Waals surface area contributed by atoms with Gasteiger partial charge in [0, 0.05) is 18.4 Å². The van der Waals surface area contributed by atoms with E-state index in [1.165, 1.54) is 16.8 Å². The van der Waals surface area contributed by atoms with Gasteiger partial charge in [0.25, 0.3) is 0 Å². The van der Waals surface area contributed by atoms with Gasteiger partial charge in [0.1, 0.15) is 0 Å². The minimum absolute atomic E-state index is 0.958. The van der Waals surface area contributed by atoms with Crippen molar-refractivity contribution < 1.29 is 0 Å². The third kappa shape index (κ3) is 3.03. The van der Waals surface area contributed by atoms with Crippen LogP contribution in [0.15, 0.2) is 24.4 Å². The molecule has 1 aromatic heterocycles. The molecule has 0 saturated carbocycles. The maximum atomic E-state index is 4.63. The van der Waals surface area contributed by atoms with E-state index in [0.29, 0.717) is 0 Å². The van der Waals surface area contributed by atoms with Crippen LogP contribution in [-0.4, -0.2) is 9.55 Å². The van der Waals surface area contributed by atoms with E-state index in [1.807, 2.05) is 6.92 Å². The summed E-state index contributed by atoms with van der Waals surface area (Å²) in [7, 11) is 0. The smallest absolute Gasteiger partial charge is 0.207 e. The van der Waals surface area contributed by atoms with Crippen LogP contribution < -0.4 is 5.32 Å². The van der Waals surface area contributed by atoms with Crippen LogP contribution in [0.25, 0.3) is 0 Å².